The van der Waals surface area contributed by atoms with Crippen molar-refractivity contribution < 1.29 is 14.3 Å². The standard InChI is InChI=1S/C7H11NO3/c1-4(2)6-7(10)11-3-5(9)8-6/h4,6H,3H2,1-2H3,(H,8,9)/t6-/m1/s1. The van der Waals surface area contributed by atoms with Gasteiger partial charge in [0.15, 0.2) is 6.61 Å². The third-order valence-electron chi connectivity index (χ3n) is 1.58. The normalized spacial score (nSPS) is 24.8. The summed E-state index contributed by atoms with van der Waals surface area (Å²) in [5.74, 6) is -0.463. The average Bonchev–Trinajstić information content (AvgIpc) is 1.94. The zero-order valence-corrected chi connectivity index (χ0v) is 6.59. The fourth-order valence-electron chi connectivity index (χ4n) is 0.939. The summed E-state index contributed by atoms with van der Waals surface area (Å²) in [5, 5.41) is 2.55. The van der Waals surface area contributed by atoms with Crippen molar-refractivity contribution >= 4 is 11.9 Å². The summed E-state index contributed by atoms with van der Waals surface area (Å²) in [5.41, 5.74) is 0. The Hall–Kier alpha value is -1.06. The van der Waals surface area contributed by atoms with E-state index in [2.05, 4.69) is 10.1 Å². The van der Waals surface area contributed by atoms with Crippen LogP contribution in [0.3, 0.4) is 0 Å². The first kappa shape index (κ1) is 8.04. The summed E-state index contributed by atoms with van der Waals surface area (Å²) in [4.78, 5) is 21.7. The molecule has 1 aliphatic heterocycles. The van der Waals surface area contributed by atoms with Crippen molar-refractivity contribution in [2.24, 2.45) is 5.92 Å². The molecule has 4 nitrogen and oxygen atoms in total. The van der Waals surface area contributed by atoms with Gasteiger partial charge in [0.2, 0.25) is 0 Å². The number of carbonyl (C=O) groups is 2. The van der Waals surface area contributed by atoms with Crippen LogP contribution < -0.4 is 5.32 Å². The first-order chi connectivity index (χ1) is 5.11. The van der Waals surface area contributed by atoms with Crippen LogP contribution in [0.4, 0.5) is 0 Å². The molecule has 1 amide bonds. The smallest absolute Gasteiger partial charge is 0.329 e. The van der Waals surface area contributed by atoms with Gasteiger partial charge in [-0.2, -0.15) is 0 Å². The van der Waals surface area contributed by atoms with Crippen LogP contribution in [0.2, 0.25) is 0 Å². The first-order valence-corrected chi connectivity index (χ1v) is 3.57. The Morgan fingerprint density at radius 2 is 2.18 bits per heavy atom. The molecule has 1 saturated heterocycles. The van der Waals surface area contributed by atoms with Gasteiger partial charge in [0.05, 0.1) is 0 Å². The number of morpholine rings is 1. The quantitative estimate of drug-likeness (QED) is 0.531. The third kappa shape index (κ3) is 1.69. The van der Waals surface area contributed by atoms with Crippen molar-refractivity contribution in [3.63, 3.8) is 0 Å². The molecule has 1 N–H and O–H groups in total. The predicted molar refractivity (Wildman–Crippen MR) is 37.7 cm³/mol. The Labute approximate surface area is 64.9 Å². The number of esters is 1. The molecule has 0 unspecified atom stereocenters. The topological polar surface area (TPSA) is 55.4 Å². The number of cyclic esters (lactones) is 1. The summed E-state index contributed by atoms with van der Waals surface area (Å²) in [6, 6.07) is -0.462. The highest BCUT2D eigenvalue weighted by Crippen LogP contribution is 2.06. The van der Waals surface area contributed by atoms with Crippen molar-refractivity contribution in [3.05, 3.63) is 0 Å². The van der Waals surface area contributed by atoms with Crippen molar-refractivity contribution in [1.82, 2.24) is 5.32 Å². The van der Waals surface area contributed by atoms with Crippen LogP contribution in [0.5, 0.6) is 0 Å². The molecule has 62 valence electrons. The van der Waals surface area contributed by atoms with Gasteiger partial charge < -0.3 is 10.1 Å². The monoisotopic (exact) mass is 157 g/mol. The Bertz CT molecular complexity index is 188. The second-order valence-electron chi connectivity index (χ2n) is 2.90. The highest BCUT2D eigenvalue weighted by Gasteiger charge is 2.30. The van der Waals surface area contributed by atoms with Crippen molar-refractivity contribution in [2.75, 3.05) is 6.61 Å². The minimum atomic E-state index is -0.462. The van der Waals surface area contributed by atoms with Gasteiger partial charge in [0.25, 0.3) is 5.91 Å². The fourth-order valence-corrected chi connectivity index (χ4v) is 0.939. The third-order valence-corrected chi connectivity index (χ3v) is 1.58. The minimum absolute atomic E-state index is 0.0896. The lowest BCUT2D eigenvalue weighted by atomic mass is 10.0. The molecule has 1 aliphatic rings. The number of ether oxygens (including phenoxy) is 1. The largest absolute Gasteiger partial charge is 0.454 e. The molecule has 1 atom stereocenters. The molecular weight excluding hydrogens is 146 g/mol. The number of rotatable bonds is 1. The molecule has 1 fully saturated rings. The maximum atomic E-state index is 10.9. The molecule has 0 spiro atoms. The molecule has 0 saturated carbocycles. The zero-order valence-electron chi connectivity index (χ0n) is 6.59. The minimum Gasteiger partial charge on any atom is -0.454 e. The van der Waals surface area contributed by atoms with E-state index >= 15 is 0 Å². The van der Waals surface area contributed by atoms with Crippen LogP contribution in [-0.4, -0.2) is 24.5 Å². The molecular formula is C7H11NO3. The van der Waals surface area contributed by atoms with Gasteiger partial charge in [0, 0.05) is 0 Å². The van der Waals surface area contributed by atoms with Gasteiger partial charge >= 0.3 is 5.97 Å². The molecule has 0 aromatic rings. The summed E-state index contributed by atoms with van der Waals surface area (Å²) in [7, 11) is 0. The lowest BCUT2D eigenvalue weighted by Gasteiger charge is -2.24. The van der Waals surface area contributed by atoms with E-state index in [0.29, 0.717) is 0 Å². The summed E-state index contributed by atoms with van der Waals surface area (Å²) in [6.07, 6.45) is 0. The lowest BCUT2D eigenvalue weighted by Crippen LogP contribution is -2.51. The molecule has 1 rings (SSSR count). The maximum Gasteiger partial charge on any atom is 0.329 e. The van der Waals surface area contributed by atoms with E-state index in [4.69, 9.17) is 0 Å². The fraction of sp³-hybridized carbons (Fsp3) is 0.714. The van der Waals surface area contributed by atoms with Gasteiger partial charge in [-0.1, -0.05) is 13.8 Å². The van der Waals surface area contributed by atoms with Crippen LogP contribution in [0.1, 0.15) is 13.8 Å². The van der Waals surface area contributed by atoms with Gasteiger partial charge in [-0.3, -0.25) is 4.79 Å². The van der Waals surface area contributed by atoms with Crippen LogP contribution >= 0.6 is 0 Å². The summed E-state index contributed by atoms with van der Waals surface area (Å²) in [6.45, 7) is 3.58. The van der Waals surface area contributed by atoms with Crippen molar-refractivity contribution in [2.45, 2.75) is 19.9 Å². The predicted octanol–water partition coefficient (Wildman–Crippen LogP) is -0.316. The Balaban J connectivity index is 2.61. The van der Waals surface area contributed by atoms with Crippen LogP contribution in [-0.2, 0) is 14.3 Å². The summed E-state index contributed by atoms with van der Waals surface area (Å²) >= 11 is 0. The van der Waals surface area contributed by atoms with Crippen LogP contribution in [0, 0.1) is 5.92 Å². The Kier molecular flexibility index (Phi) is 2.12. The molecule has 1 heterocycles. The van der Waals surface area contributed by atoms with E-state index in [9.17, 15) is 9.59 Å². The van der Waals surface area contributed by atoms with Crippen LogP contribution in [0.25, 0.3) is 0 Å². The summed E-state index contributed by atoms with van der Waals surface area (Å²) < 4.78 is 4.61. The molecule has 0 bridgehead atoms. The average molecular weight is 157 g/mol. The number of nitrogens with one attached hydrogen (secondary N) is 1. The highest BCUT2D eigenvalue weighted by atomic mass is 16.5. The van der Waals surface area contributed by atoms with Gasteiger partial charge in [-0.15, -0.1) is 0 Å². The number of carbonyl (C=O) groups excluding carboxylic acids is 2. The SMILES string of the molecule is CC(C)[C@H]1NC(=O)COC1=O. The second-order valence-corrected chi connectivity index (χ2v) is 2.90. The van der Waals surface area contributed by atoms with Gasteiger partial charge in [-0.25, -0.2) is 4.79 Å². The van der Waals surface area contributed by atoms with Crippen molar-refractivity contribution in [3.8, 4) is 0 Å². The molecule has 0 aromatic heterocycles. The van der Waals surface area contributed by atoms with Crippen molar-refractivity contribution in [1.29, 1.82) is 0 Å². The van der Waals surface area contributed by atoms with Gasteiger partial charge in [-0.05, 0) is 5.92 Å². The molecule has 4 heteroatoms. The van der Waals surface area contributed by atoms with E-state index in [1.807, 2.05) is 13.8 Å². The second kappa shape index (κ2) is 2.90. The van der Waals surface area contributed by atoms with Gasteiger partial charge in [0.1, 0.15) is 6.04 Å². The number of hydrogen-bond donors (Lipinski definition) is 1. The van der Waals surface area contributed by atoms with E-state index in [1.54, 1.807) is 0 Å². The number of hydrogen-bond acceptors (Lipinski definition) is 3. The number of amides is 1. The van der Waals surface area contributed by atoms with E-state index in [-0.39, 0.29) is 24.4 Å². The van der Waals surface area contributed by atoms with Crippen LogP contribution in [0.15, 0.2) is 0 Å². The molecule has 11 heavy (non-hydrogen) atoms. The lowest BCUT2D eigenvalue weighted by molar-refractivity contribution is -0.158. The molecule has 0 aliphatic carbocycles. The molecule has 0 aromatic carbocycles. The first-order valence-electron chi connectivity index (χ1n) is 3.57. The molecule has 0 radical (unpaired) electrons. The van der Waals surface area contributed by atoms with E-state index in [1.165, 1.54) is 0 Å². The van der Waals surface area contributed by atoms with E-state index < -0.39 is 6.04 Å². The Morgan fingerprint density at radius 3 is 2.64 bits per heavy atom. The maximum absolute atomic E-state index is 10.9. The highest BCUT2D eigenvalue weighted by molar-refractivity contribution is 5.90. The Morgan fingerprint density at radius 1 is 1.55 bits per heavy atom. The zero-order chi connectivity index (χ0) is 8.43. The van der Waals surface area contributed by atoms with E-state index in [0.717, 1.165) is 0 Å².